The van der Waals surface area contributed by atoms with Crippen LogP contribution >= 0.6 is 0 Å². The van der Waals surface area contributed by atoms with E-state index in [0.29, 0.717) is 5.82 Å². The molecule has 0 aliphatic carbocycles. The van der Waals surface area contributed by atoms with Crippen molar-refractivity contribution >= 4 is 59.9 Å². The molecule has 0 saturated heterocycles. The van der Waals surface area contributed by atoms with Gasteiger partial charge in [-0.15, -0.1) is 0 Å². The number of para-hydroxylation sites is 2. The summed E-state index contributed by atoms with van der Waals surface area (Å²) in [5.41, 5.74) is 11.9. The molecule has 4 nitrogen and oxygen atoms in total. The minimum Gasteiger partial charge on any atom is -0.309 e. The lowest BCUT2D eigenvalue weighted by Crippen LogP contribution is -1.98. The van der Waals surface area contributed by atoms with Crippen LogP contribution in [0.2, 0.25) is 0 Å². The van der Waals surface area contributed by atoms with Gasteiger partial charge in [0.05, 0.1) is 39.0 Å². The Bertz CT molecular complexity index is 3110. The highest BCUT2D eigenvalue weighted by Gasteiger charge is 2.19. The summed E-state index contributed by atoms with van der Waals surface area (Å²) >= 11 is 0. The number of fused-ring (bicyclic) bond motifs is 11. The van der Waals surface area contributed by atoms with Crippen LogP contribution in [0.1, 0.15) is 0 Å². The van der Waals surface area contributed by atoms with Crippen molar-refractivity contribution in [2.75, 3.05) is 0 Å². The lowest BCUT2D eigenvalue weighted by atomic mass is 10.0. The molecule has 0 unspecified atom stereocenters. The zero-order valence-corrected chi connectivity index (χ0v) is 28.1. The highest BCUT2D eigenvalue weighted by atomic mass is 15.0. The summed E-state index contributed by atoms with van der Waals surface area (Å²) in [6.45, 7) is 0. The van der Waals surface area contributed by atoms with Crippen molar-refractivity contribution in [3.05, 3.63) is 182 Å². The van der Waals surface area contributed by atoms with Gasteiger partial charge in [-0.2, -0.15) is 0 Å². The third-order valence-electron chi connectivity index (χ3n) is 10.5. The van der Waals surface area contributed by atoms with Crippen LogP contribution in [0.3, 0.4) is 0 Å². The van der Waals surface area contributed by atoms with Gasteiger partial charge in [0.25, 0.3) is 0 Å². The summed E-state index contributed by atoms with van der Waals surface area (Å²) in [4.78, 5) is 10.3. The Labute approximate surface area is 299 Å². The van der Waals surface area contributed by atoms with Crippen LogP contribution in [0, 0.1) is 0 Å². The van der Waals surface area contributed by atoms with Crippen LogP contribution in [0.5, 0.6) is 0 Å². The number of aromatic nitrogens is 4. The molecular formula is C48H30N4. The number of nitrogens with zero attached hydrogens (tertiary/aromatic N) is 4. The van der Waals surface area contributed by atoms with Crippen molar-refractivity contribution in [3.63, 3.8) is 0 Å². The molecule has 0 radical (unpaired) electrons. The van der Waals surface area contributed by atoms with E-state index in [4.69, 9.17) is 9.97 Å². The van der Waals surface area contributed by atoms with E-state index in [-0.39, 0.29) is 0 Å². The number of benzene rings is 7. The fourth-order valence-corrected chi connectivity index (χ4v) is 8.11. The predicted octanol–water partition coefficient (Wildman–Crippen LogP) is 12.3. The third-order valence-corrected chi connectivity index (χ3v) is 10.5. The molecule has 242 valence electrons. The van der Waals surface area contributed by atoms with E-state index in [1.54, 1.807) is 0 Å². The third kappa shape index (κ3) is 4.34. The second-order valence-corrected chi connectivity index (χ2v) is 13.5. The van der Waals surface area contributed by atoms with Crippen molar-refractivity contribution < 1.29 is 0 Å². The van der Waals surface area contributed by atoms with Gasteiger partial charge in [0, 0.05) is 49.3 Å². The summed E-state index contributed by atoms with van der Waals surface area (Å²) in [6.07, 6.45) is 0. The van der Waals surface area contributed by atoms with Crippen molar-refractivity contribution in [2.24, 2.45) is 0 Å². The van der Waals surface area contributed by atoms with Gasteiger partial charge in [0.1, 0.15) is 0 Å². The summed E-state index contributed by atoms with van der Waals surface area (Å²) in [7, 11) is 0. The normalized spacial score (nSPS) is 11.8. The number of hydrogen-bond acceptors (Lipinski definition) is 2. The van der Waals surface area contributed by atoms with Crippen LogP contribution in [0.4, 0.5) is 0 Å². The van der Waals surface area contributed by atoms with E-state index < -0.39 is 0 Å². The van der Waals surface area contributed by atoms with Gasteiger partial charge in [-0.1, -0.05) is 133 Å². The largest absolute Gasteiger partial charge is 0.309 e. The first-order valence-electron chi connectivity index (χ1n) is 17.7. The molecular weight excluding hydrogens is 633 g/mol. The first-order valence-corrected chi connectivity index (χ1v) is 17.7. The first kappa shape index (κ1) is 28.8. The van der Waals surface area contributed by atoms with Gasteiger partial charge in [-0.25, -0.2) is 9.97 Å². The van der Waals surface area contributed by atoms with E-state index in [1.165, 1.54) is 48.9 Å². The Balaban J connectivity index is 1.19. The van der Waals surface area contributed by atoms with Gasteiger partial charge >= 0.3 is 0 Å². The molecule has 4 heteroatoms. The molecule has 0 bridgehead atoms. The minimum absolute atomic E-state index is 0.695. The van der Waals surface area contributed by atoms with Crippen molar-refractivity contribution in [3.8, 4) is 39.6 Å². The molecule has 0 amide bonds. The van der Waals surface area contributed by atoms with Gasteiger partial charge in [-0.05, 0) is 53.9 Å². The predicted molar refractivity (Wildman–Crippen MR) is 216 cm³/mol. The Morgan fingerprint density at radius 3 is 1.62 bits per heavy atom. The average Bonchev–Trinajstić information content (AvgIpc) is 3.77. The van der Waals surface area contributed by atoms with E-state index in [1.807, 2.05) is 12.1 Å². The number of rotatable bonds is 4. The molecule has 0 atom stereocenters. The smallest absolute Gasteiger partial charge is 0.160 e. The standard InChI is InChI=1S/C48H30N4/c1-3-14-31(15-4-1)41-29-42(32-16-5-2-6-17-32)50-48(49-41)34-19-13-20-35(26-34)51-44-25-12-10-23-38(44)40-28-39-36-21-8-9-22-37(36)45-27-33-18-7-11-24-43(33)52(45)47(39)30-46(40)51/h1-30H. The molecule has 11 aromatic rings. The molecule has 4 aromatic heterocycles. The van der Waals surface area contributed by atoms with Crippen LogP contribution in [0.15, 0.2) is 182 Å². The summed E-state index contributed by atoms with van der Waals surface area (Å²) in [5.74, 6) is 0.695. The monoisotopic (exact) mass is 662 g/mol. The first-order chi connectivity index (χ1) is 25.8. The Morgan fingerprint density at radius 1 is 0.327 bits per heavy atom. The highest BCUT2D eigenvalue weighted by Crippen LogP contribution is 2.40. The molecule has 0 saturated carbocycles. The fraction of sp³-hybridized carbons (Fsp3) is 0. The highest BCUT2D eigenvalue weighted by molar-refractivity contribution is 6.21. The van der Waals surface area contributed by atoms with E-state index in [9.17, 15) is 0 Å². The molecule has 0 aliphatic rings. The summed E-state index contributed by atoms with van der Waals surface area (Å²) in [5, 5.41) is 7.45. The van der Waals surface area contributed by atoms with Gasteiger partial charge in [0.2, 0.25) is 0 Å². The molecule has 0 N–H and O–H groups in total. The average molecular weight is 663 g/mol. The van der Waals surface area contributed by atoms with Crippen molar-refractivity contribution in [2.45, 2.75) is 0 Å². The lowest BCUT2D eigenvalue weighted by Gasteiger charge is -2.13. The SMILES string of the molecule is c1ccc(-c2cc(-c3ccccc3)nc(-c3cccc(-n4c5ccccc5c5cc6c7ccccc7c7cc8ccccc8n7c6cc54)c3)n2)cc1. The van der Waals surface area contributed by atoms with E-state index >= 15 is 0 Å². The molecule has 0 fully saturated rings. The van der Waals surface area contributed by atoms with Crippen LogP contribution in [-0.2, 0) is 0 Å². The zero-order chi connectivity index (χ0) is 34.2. The summed E-state index contributed by atoms with van der Waals surface area (Å²) < 4.78 is 4.85. The topological polar surface area (TPSA) is 35.1 Å². The van der Waals surface area contributed by atoms with Crippen molar-refractivity contribution in [1.82, 2.24) is 18.9 Å². The minimum atomic E-state index is 0.695. The van der Waals surface area contributed by atoms with Crippen molar-refractivity contribution in [1.29, 1.82) is 0 Å². The lowest BCUT2D eigenvalue weighted by molar-refractivity contribution is 1.16. The zero-order valence-electron chi connectivity index (χ0n) is 28.1. The molecule has 0 spiro atoms. The maximum absolute atomic E-state index is 5.15. The second-order valence-electron chi connectivity index (χ2n) is 13.5. The summed E-state index contributed by atoms with van der Waals surface area (Å²) in [6, 6.07) is 64.8. The van der Waals surface area contributed by atoms with Crippen LogP contribution in [0.25, 0.3) is 99.5 Å². The van der Waals surface area contributed by atoms with Gasteiger partial charge < -0.3 is 8.97 Å². The van der Waals surface area contributed by atoms with Gasteiger partial charge in [-0.3, -0.25) is 0 Å². The molecule has 0 aliphatic heterocycles. The fourth-order valence-electron chi connectivity index (χ4n) is 8.11. The van der Waals surface area contributed by atoms with Crippen LogP contribution < -0.4 is 0 Å². The maximum atomic E-state index is 5.15. The molecule has 7 aromatic carbocycles. The Hall–Kier alpha value is -7.04. The Kier molecular flexibility index (Phi) is 6.22. The van der Waals surface area contributed by atoms with E-state index in [0.717, 1.165) is 44.8 Å². The molecule has 11 rings (SSSR count). The van der Waals surface area contributed by atoms with Crippen LogP contribution in [-0.4, -0.2) is 18.9 Å². The quantitative estimate of drug-likeness (QED) is 0.176. The number of hydrogen-bond donors (Lipinski definition) is 0. The van der Waals surface area contributed by atoms with Gasteiger partial charge in [0.15, 0.2) is 5.82 Å². The second kappa shape index (κ2) is 11.2. The Morgan fingerprint density at radius 2 is 0.885 bits per heavy atom. The van der Waals surface area contributed by atoms with E-state index in [2.05, 4.69) is 179 Å². The molecule has 52 heavy (non-hydrogen) atoms. The number of pyridine rings is 1. The maximum Gasteiger partial charge on any atom is 0.160 e. The molecule has 4 heterocycles.